The zero-order chi connectivity index (χ0) is 18.9. The lowest BCUT2D eigenvalue weighted by molar-refractivity contribution is -0.116. The number of hydrogen-bond acceptors (Lipinski definition) is 3. The van der Waals surface area contributed by atoms with Gasteiger partial charge in [0, 0.05) is 17.0 Å². The van der Waals surface area contributed by atoms with E-state index in [2.05, 4.69) is 17.6 Å². The number of anilines is 2. The van der Waals surface area contributed by atoms with Gasteiger partial charge in [0.25, 0.3) is 0 Å². The van der Waals surface area contributed by atoms with Gasteiger partial charge in [0.1, 0.15) is 0 Å². The van der Waals surface area contributed by atoms with E-state index in [0.29, 0.717) is 17.1 Å². The normalized spacial score (nSPS) is 11.7. The Morgan fingerprint density at radius 3 is 2.62 bits per heavy atom. The highest BCUT2D eigenvalue weighted by Crippen LogP contribution is 2.28. The molecule has 0 spiro atoms. The second-order valence-electron chi connectivity index (χ2n) is 5.91. The van der Waals surface area contributed by atoms with E-state index in [4.69, 9.17) is 11.6 Å². The Morgan fingerprint density at radius 1 is 1.12 bits per heavy atom. The second-order valence-corrected chi connectivity index (χ2v) is 7.73. The minimum absolute atomic E-state index is 0.0125. The number of para-hydroxylation sites is 1. The summed E-state index contributed by atoms with van der Waals surface area (Å²) in [5.41, 5.74) is 1.35. The Hall–Kier alpha value is -1.98. The molecule has 0 aliphatic heterocycles. The fourth-order valence-electron chi connectivity index (χ4n) is 2.26. The van der Waals surface area contributed by atoms with Crippen molar-refractivity contribution in [3.05, 3.63) is 53.6 Å². The van der Waals surface area contributed by atoms with Crippen molar-refractivity contribution in [3.8, 4) is 0 Å². The third kappa shape index (κ3) is 6.39. The number of benzene rings is 2. The molecule has 4 nitrogen and oxygen atoms in total. The summed E-state index contributed by atoms with van der Waals surface area (Å²) in [6.07, 6.45) is 2.38. The molecule has 0 fully saturated rings. The van der Waals surface area contributed by atoms with Crippen LogP contribution in [0.1, 0.15) is 33.1 Å². The number of unbranched alkanes of at least 4 members (excludes halogenated alkanes) is 1. The number of carbonyl (C=O) groups excluding carboxylic acids is 2. The fourth-order valence-corrected chi connectivity index (χ4v) is 3.37. The van der Waals surface area contributed by atoms with Crippen LogP contribution in [0.4, 0.5) is 11.4 Å². The quantitative estimate of drug-likeness (QED) is 0.578. The molecular formula is C20H23ClN2O2S. The van der Waals surface area contributed by atoms with Crippen molar-refractivity contribution < 1.29 is 9.59 Å². The molecule has 2 aromatic carbocycles. The highest BCUT2D eigenvalue weighted by Gasteiger charge is 2.16. The molecule has 6 heteroatoms. The van der Waals surface area contributed by atoms with Crippen LogP contribution in [0, 0.1) is 0 Å². The van der Waals surface area contributed by atoms with E-state index in [-0.39, 0.29) is 17.1 Å². The van der Waals surface area contributed by atoms with Gasteiger partial charge in [-0.2, -0.15) is 0 Å². The van der Waals surface area contributed by atoms with Gasteiger partial charge in [0.15, 0.2) is 0 Å². The lowest BCUT2D eigenvalue weighted by Crippen LogP contribution is -2.22. The number of halogens is 1. The van der Waals surface area contributed by atoms with Crippen LogP contribution in [0.15, 0.2) is 53.4 Å². The Morgan fingerprint density at radius 2 is 1.88 bits per heavy atom. The second kappa shape index (κ2) is 10.2. The van der Waals surface area contributed by atoms with Crippen LogP contribution < -0.4 is 10.6 Å². The molecule has 0 radical (unpaired) electrons. The van der Waals surface area contributed by atoms with Gasteiger partial charge in [-0.3, -0.25) is 9.59 Å². The van der Waals surface area contributed by atoms with Crippen molar-refractivity contribution in [1.29, 1.82) is 0 Å². The molecule has 2 aromatic rings. The maximum Gasteiger partial charge on any atom is 0.237 e. The standard InChI is InChI=1S/C20H23ClN2O2S/c1-3-4-12-19(24)22-15-8-7-9-16(13-15)26-14(2)20(25)23-18-11-6-5-10-17(18)21/h5-11,13-14H,3-4,12H2,1-2H3,(H,22,24)(H,23,25). The van der Waals surface area contributed by atoms with Crippen molar-refractivity contribution in [2.75, 3.05) is 10.6 Å². The van der Waals surface area contributed by atoms with Crippen molar-refractivity contribution in [3.63, 3.8) is 0 Å². The number of nitrogens with one attached hydrogen (secondary N) is 2. The van der Waals surface area contributed by atoms with Gasteiger partial charge >= 0.3 is 0 Å². The predicted molar refractivity (Wildman–Crippen MR) is 110 cm³/mol. The summed E-state index contributed by atoms with van der Waals surface area (Å²) < 4.78 is 0. The first-order valence-electron chi connectivity index (χ1n) is 8.61. The molecule has 0 aliphatic carbocycles. The van der Waals surface area contributed by atoms with E-state index in [1.807, 2.05) is 43.3 Å². The molecule has 26 heavy (non-hydrogen) atoms. The lowest BCUT2D eigenvalue weighted by atomic mass is 10.2. The summed E-state index contributed by atoms with van der Waals surface area (Å²) in [5.74, 6) is -0.112. The zero-order valence-corrected chi connectivity index (χ0v) is 16.5. The number of amides is 2. The van der Waals surface area contributed by atoms with Crippen LogP contribution in [0.5, 0.6) is 0 Å². The summed E-state index contributed by atoms with van der Waals surface area (Å²) >= 11 is 7.51. The number of hydrogen-bond donors (Lipinski definition) is 2. The molecule has 2 amide bonds. The van der Waals surface area contributed by atoms with Crippen molar-refractivity contribution in [2.24, 2.45) is 0 Å². The van der Waals surface area contributed by atoms with Crippen molar-refractivity contribution in [1.82, 2.24) is 0 Å². The molecule has 0 bridgehead atoms. The van der Waals surface area contributed by atoms with Gasteiger partial charge < -0.3 is 10.6 Å². The fraction of sp³-hybridized carbons (Fsp3) is 0.300. The molecule has 0 aliphatic rings. The zero-order valence-electron chi connectivity index (χ0n) is 14.9. The Bertz CT molecular complexity index is 767. The van der Waals surface area contributed by atoms with E-state index in [1.165, 1.54) is 11.8 Å². The molecule has 1 atom stereocenters. The average Bonchev–Trinajstić information content (AvgIpc) is 2.62. The number of rotatable bonds is 8. The smallest absolute Gasteiger partial charge is 0.237 e. The minimum Gasteiger partial charge on any atom is -0.326 e. The molecule has 1 unspecified atom stereocenters. The average molecular weight is 391 g/mol. The topological polar surface area (TPSA) is 58.2 Å². The van der Waals surface area contributed by atoms with E-state index >= 15 is 0 Å². The summed E-state index contributed by atoms with van der Waals surface area (Å²) in [5, 5.41) is 5.94. The van der Waals surface area contributed by atoms with Gasteiger partial charge in [0.05, 0.1) is 16.0 Å². The van der Waals surface area contributed by atoms with Gasteiger partial charge in [-0.1, -0.05) is 43.1 Å². The Balaban J connectivity index is 1.95. The van der Waals surface area contributed by atoms with Crippen LogP contribution in [0.3, 0.4) is 0 Å². The van der Waals surface area contributed by atoms with Crippen LogP contribution in [0.2, 0.25) is 5.02 Å². The largest absolute Gasteiger partial charge is 0.326 e. The van der Waals surface area contributed by atoms with E-state index in [1.54, 1.807) is 12.1 Å². The van der Waals surface area contributed by atoms with Gasteiger partial charge in [-0.15, -0.1) is 11.8 Å². The molecule has 0 saturated heterocycles. The van der Waals surface area contributed by atoms with Crippen LogP contribution in [-0.2, 0) is 9.59 Å². The molecule has 0 saturated carbocycles. The monoisotopic (exact) mass is 390 g/mol. The van der Waals surface area contributed by atoms with Crippen LogP contribution in [0.25, 0.3) is 0 Å². The highest BCUT2D eigenvalue weighted by molar-refractivity contribution is 8.00. The summed E-state index contributed by atoms with van der Waals surface area (Å²) in [6.45, 7) is 3.89. The molecule has 2 rings (SSSR count). The lowest BCUT2D eigenvalue weighted by Gasteiger charge is -2.13. The SMILES string of the molecule is CCCCC(=O)Nc1cccc(SC(C)C(=O)Nc2ccccc2Cl)c1. The van der Waals surface area contributed by atoms with Crippen LogP contribution in [-0.4, -0.2) is 17.1 Å². The first-order valence-corrected chi connectivity index (χ1v) is 9.87. The van der Waals surface area contributed by atoms with E-state index in [9.17, 15) is 9.59 Å². The van der Waals surface area contributed by atoms with E-state index in [0.717, 1.165) is 23.4 Å². The predicted octanol–water partition coefficient (Wildman–Crippen LogP) is 5.59. The van der Waals surface area contributed by atoms with Gasteiger partial charge in [-0.05, 0) is 43.7 Å². The van der Waals surface area contributed by atoms with Gasteiger partial charge in [-0.25, -0.2) is 0 Å². The third-order valence-electron chi connectivity index (χ3n) is 3.69. The Kier molecular flexibility index (Phi) is 8.01. The summed E-state index contributed by atoms with van der Waals surface area (Å²) in [4.78, 5) is 25.2. The maximum absolute atomic E-state index is 12.4. The molecule has 2 N–H and O–H groups in total. The maximum atomic E-state index is 12.4. The first-order chi connectivity index (χ1) is 12.5. The minimum atomic E-state index is -0.308. The molecule has 138 valence electrons. The van der Waals surface area contributed by atoms with Crippen molar-refractivity contribution in [2.45, 2.75) is 43.3 Å². The number of carbonyl (C=O) groups is 2. The number of thioether (sulfide) groups is 1. The summed E-state index contributed by atoms with van der Waals surface area (Å²) in [6, 6.07) is 14.7. The van der Waals surface area contributed by atoms with Crippen LogP contribution >= 0.6 is 23.4 Å². The van der Waals surface area contributed by atoms with E-state index < -0.39 is 0 Å². The third-order valence-corrected chi connectivity index (χ3v) is 5.11. The van der Waals surface area contributed by atoms with Gasteiger partial charge in [0.2, 0.25) is 11.8 Å². The Labute approximate surface area is 163 Å². The van der Waals surface area contributed by atoms with Crippen molar-refractivity contribution >= 4 is 46.6 Å². The molecular weight excluding hydrogens is 368 g/mol. The highest BCUT2D eigenvalue weighted by atomic mass is 35.5. The molecule has 0 heterocycles. The summed E-state index contributed by atoms with van der Waals surface area (Å²) in [7, 11) is 0. The first kappa shape index (κ1) is 20.3. The molecule has 0 aromatic heterocycles.